The van der Waals surface area contributed by atoms with E-state index in [1.165, 1.54) is 0 Å². The third-order valence-corrected chi connectivity index (χ3v) is 1.58. The highest BCUT2D eigenvalue weighted by atomic mass is 79.9. The van der Waals surface area contributed by atoms with Crippen LogP contribution in [0.5, 0.6) is 0 Å². The van der Waals surface area contributed by atoms with Crippen molar-refractivity contribution in [3.05, 3.63) is 0 Å². The van der Waals surface area contributed by atoms with Crippen molar-refractivity contribution >= 4 is 15.9 Å². The maximum absolute atomic E-state index is 8.29. The van der Waals surface area contributed by atoms with Crippen LogP contribution >= 0.6 is 15.9 Å². The molecule has 0 saturated heterocycles. The maximum atomic E-state index is 8.29. The molecule has 0 saturated carbocycles. The Bertz CT molecular complexity index is 26.7. The summed E-state index contributed by atoms with van der Waals surface area (Å²) in [5.74, 6) is 0. The minimum absolute atomic E-state index is 0.247. The van der Waals surface area contributed by atoms with Crippen molar-refractivity contribution in [2.75, 3.05) is 6.61 Å². The van der Waals surface area contributed by atoms with Gasteiger partial charge in [-0.3, -0.25) is 0 Å². The molecule has 38 valence electrons. The summed E-state index contributed by atoms with van der Waals surface area (Å²) in [4.78, 5) is 0.303. The summed E-state index contributed by atoms with van der Waals surface area (Å²) in [7, 11) is 0. The van der Waals surface area contributed by atoms with Crippen LogP contribution in [0, 0.1) is 0 Å². The Morgan fingerprint density at radius 2 is 2.33 bits per heavy atom. The predicted octanol–water partition coefficient (Wildman–Crippen LogP) is 1.15. The Labute approximate surface area is 46.5 Å². The van der Waals surface area contributed by atoms with Gasteiger partial charge < -0.3 is 5.11 Å². The number of alkyl halides is 1. The molecule has 0 unspecified atom stereocenters. The largest absolute Gasteiger partial charge is 0.395 e. The minimum Gasteiger partial charge on any atom is -0.395 e. The molecule has 0 spiro atoms. The van der Waals surface area contributed by atoms with Gasteiger partial charge >= 0.3 is 0 Å². The molecule has 0 aromatic rings. The van der Waals surface area contributed by atoms with Crippen molar-refractivity contribution in [2.45, 2.75) is 18.2 Å². The van der Waals surface area contributed by atoms with Crippen LogP contribution in [-0.2, 0) is 0 Å². The summed E-state index contributed by atoms with van der Waals surface area (Å²) in [5, 5.41) is 8.29. The molecule has 0 aliphatic heterocycles. The van der Waals surface area contributed by atoms with Gasteiger partial charge in [-0.15, -0.1) is 0 Å². The van der Waals surface area contributed by atoms with Crippen molar-refractivity contribution in [2.24, 2.45) is 0 Å². The topological polar surface area (TPSA) is 20.2 Å². The van der Waals surface area contributed by atoms with E-state index in [2.05, 4.69) is 15.9 Å². The number of hydrogen-bond donors (Lipinski definition) is 1. The number of aliphatic hydroxyl groups excluding tert-OH is 1. The zero-order valence-electron chi connectivity index (χ0n) is 3.82. The first-order valence-electron chi connectivity index (χ1n) is 2.06. The zero-order valence-corrected chi connectivity index (χ0v) is 5.40. The van der Waals surface area contributed by atoms with Crippen molar-refractivity contribution in [3.8, 4) is 0 Å². The second-order valence-electron chi connectivity index (χ2n) is 1.19. The van der Waals surface area contributed by atoms with Gasteiger partial charge in [-0.1, -0.05) is 22.9 Å². The van der Waals surface area contributed by atoms with Crippen LogP contribution in [0.15, 0.2) is 0 Å². The summed E-state index contributed by atoms with van der Waals surface area (Å²) in [6, 6.07) is 0. The van der Waals surface area contributed by atoms with Gasteiger partial charge in [0.2, 0.25) is 0 Å². The molecule has 1 atom stereocenters. The summed E-state index contributed by atoms with van der Waals surface area (Å²) in [5.41, 5.74) is 0. The molecule has 2 heteroatoms. The minimum atomic E-state index is 0.247. The van der Waals surface area contributed by atoms with Crippen molar-refractivity contribution in [1.29, 1.82) is 0 Å². The molecule has 0 radical (unpaired) electrons. The Hall–Kier alpha value is 0.440. The number of aliphatic hydroxyl groups is 1. The predicted molar refractivity (Wildman–Crippen MR) is 30.1 cm³/mol. The lowest BCUT2D eigenvalue weighted by Crippen LogP contribution is -1.99. The van der Waals surface area contributed by atoms with E-state index < -0.39 is 0 Å². The summed E-state index contributed by atoms with van der Waals surface area (Å²) >= 11 is 3.23. The lowest BCUT2D eigenvalue weighted by molar-refractivity contribution is 0.295. The van der Waals surface area contributed by atoms with Crippen molar-refractivity contribution in [3.63, 3.8) is 0 Å². The normalized spacial score (nSPS) is 14.5. The first-order valence-corrected chi connectivity index (χ1v) is 2.97. The van der Waals surface area contributed by atoms with E-state index in [0.29, 0.717) is 4.83 Å². The van der Waals surface area contributed by atoms with E-state index >= 15 is 0 Å². The lowest BCUT2D eigenvalue weighted by Gasteiger charge is -1.95. The van der Waals surface area contributed by atoms with Gasteiger partial charge in [0.1, 0.15) is 0 Å². The summed E-state index contributed by atoms with van der Waals surface area (Å²) in [6.07, 6.45) is 0.997. The molecule has 0 bridgehead atoms. The molecule has 0 fully saturated rings. The highest BCUT2D eigenvalue weighted by Crippen LogP contribution is 2.00. The van der Waals surface area contributed by atoms with E-state index in [0.717, 1.165) is 6.42 Å². The Balaban J connectivity index is 2.75. The fourth-order valence-electron chi connectivity index (χ4n) is 0.129. The van der Waals surface area contributed by atoms with Gasteiger partial charge in [0, 0.05) is 4.83 Å². The Morgan fingerprint density at radius 3 is 2.33 bits per heavy atom. The first kappa shape index (κ1) is 6.44. The van der Waals surface area contributed by atoms with Gasteiger partial charge in [-0.05, 0) is 6.42 Å². The third-order valence-electron chi connectivity index (χ3n) is 0.641. The van der Waals surface area contributed by atoms with Gasteiger partial charge in [-0.25, -0.2) is 0 Å². The molecule has 0 rings (SSSR count). The third kappa shape index (κ3) is 2.67. The Kier molecular flexibility index (Phi) is 3.89. The molecule has 1 N–H and O–H groups in total. The summed E-state index contributed by atoms with van der Waals surface area (Å²) < 4.78 is 0. The SMILES string of the molecule is CC[C@H](Br)CO. The Morgan fingerprint density at radius 1 is 1.83 bits per heavy atom. The molecular weight excluding hydrogens is 144 g/mol. The van der Waals surface area contributed by atoms with Gasteiger partial charge in [0.15, 0.2) is 0 Å². The van der Waals surface area contributed by atoms with E-state index in [9.17, 15) is 0 Å². The zero-order chi connectivity index (χ0) is 4.99. The van der Waals surface area contributed by atoms with E-state index in [-0.39, 0.29) is 6.61 Å². The average molecular weight is 153 g/mol. The monoisotopic (exact) mass is 152 g/mol. The number of halogens is 1. The summed E-state index contributed by atoms with van der Waals surface area (Å²) in [6.45, 7) is 2.27. The quantitative estimate of drug-likeness (QED) is 0.590. The molecular formula is C4H9BrO. The molecule has 0 heterocycles. The van der Waals surface area contributed by atoms with E-state index in [1.807, 2.05) is 6.92 Å². The van der Waals surface area contributed by atoms with Gasteiger partial charge in [-0.2, -0.15) is 0 Å². The average Bonchev–Trinajstić information content (AvgIpc) is 1.65. The fourth-order valence-corrected chi connectivity index (χ4v) is 0.129. The van der Waals surface area contributed by atoms with E-state index in [1.54, 1.807) is 0 Å². The molecule has 0 amide bonds. The van der Waals surface area contributed by atoms with Crippen LogP contribution in [0.2, 0.25) is 0 Å². The van der Waals surface area contributed by atoms with Gasteiger partial charge in [0.25, 0.3) is 0 Å². The van der Waals surface area contributed by atoms with Crippen molar-refractivity contribution in [1.82, 2.24) is 0 Å². The molecule has 1 nitrogen and oxygen atoms in total. The molecule has 0 aliphatic rings. The van der Waals surface area contributed by atoms with Crippen LogP contribution in [0.25, 0.3) is 0 Å². The smallest absolute Gasteiger partial charge is 0.0556 e. The van der Waals surface area contributed by atoms with Crippen molar-refractivity contribution < 1.29 is 5.11 Å². The highest BCUT2D eigenvalue weighted by molar-refractivity contribution is 9.09. The van der Waals surface area contributed by atoms with Crippen LogP contribution in [0.4, 0.5) is 0 Å². The maximum Gasteiger partial charge on any atom is 0.0556 e. The van der Waals surface area contributed by atoms with Crippen LogP contribution in [-0.4, -0.2) is 16.5 Å². The lowest BCUT2D eigenvalue weighted by atomic mass is 10.4. The second kappa shape index (κ2) is 3.62. The standard InChI is InChI=1S/C4H9BrO/c1-2-4(5)3-6/h4,6H,2-3H2,1H3/t4-/m0/s1. The molecule has 6 heavy (non-hydrogen) atoms. The number of hydrogen-bond acceptors (Lipinski definition) is 1. The molecule has 0 aromatic heterocycles. The first-order chi connectivity index (χ1) is 2.81. The second-order valence-corrected chi connectivity index (χ2v) is 2.48. The number of rotatable bonds is 2. The van der Waals surface area contributed by atoms with Crippen LogP contribution < -0.4 is 0 Å². The molecule has 0 aliphatic carbocycles. The van der Waals surface area contributed by atoms with Gasteiger partial charge in [0.05, 0.1) is 6.61 Å². The fraction of sp³-hybridized carbons (Fsp3) is 1.00. The van der Waals surface area contributed by atoms with Crippen LogP contribution in [0.1, 0.15) is 13.3 Å². The van der Waals surface area contributed by atoms with E-state index in [4.69, 9.17) is 5.11 Å². The highest BCUT2D eigenvalue weighted by Gasteiger charge is 1.92. The molecule has 0 aromatic carbocycles. The van der Waals surface area contributed by atoms with Crippen LogP contribution in [0.3, 0.4) is 0 Å².